The van der Waals surface area contributed by atoms with Crippen molar-refractivity contribution in [3.05, 3.63) is 29.8 Å². The molecule has 1 saturated carbocycles. The number of para-hydroxylation sites is 1. The van der Waals surface area contributed by atoms with Gasteiger partial charge in [-0.2, -0.15) is 13.2 Å². The smallest absolute Gasteiger partial charge is 0.422 e. The van der Waals surface area contributed by atoms with E-state index in [4.69, 9.17) is 10.5 Å². The van der Waals surface area contributed by atoms with E-state index in [2.05, 4.69) is 5.32 Å². The molecule has 1 fully saturated rings. The van der Waals surface area contributed by atoms with E-state index in [0.717, 1.165) is 0 Å². The summed E-state index contributed by atoms with van der Waals surface area (Å²) in [5, 5.41) is 2.61. The molecule has 0 bridgehead atoms. The van der Waals surface area contributed by atoms with Crippen LogP contribution >= 0.6 is 0 Å². The number of benzene rings is 1. The highest BCUT2D eigenvalue weighted by Gasteiger charge is 2.45. The van der Waals surface area contributed by atoms with Crippen LogP contribution in [0.3, 0.4) is 0 Å². The normalized spacial score (nSPS) is 16.6. The third kappa shape index (κ3) is 3.86. The van der Waals surface area contributed by atoms with E-state index >= 15 is 0 Å². The number of carbonyl (C=O) groups is 1. The molecule has 110 valence electrons. The van der Waals surface area contributed by atoms with Gasteiger partial charge in [0.25, 0.3) is 0 Å². The van der Waals surface area contributed by atoms with Crippen molar-refractivity contribution in [2.24, 2.45) is 5.73 Å². The van der Waals surface area contributed by atoms with E-state index in [9.17, 15) is 18.0 Å². The molecule has 1 aliphatic carbocycles. The van der Waals surface area contributed by atoms with Crippen LogP contribution in [0.5, 0.6) is 5.75 Å². The molecule has 0 unspecified atom stereocenters. The second-order valence-corrected chi connectivity index (χ2v) is 4.85. The van der Waals surface area contributed by atoms with Crippen molar-refractivity contribution in [3.8, 4) is 5.75 Å². The Bertz CT molecular complexity index is 499. The summed E-state index contributed by atoms with van der Waals surface area (Å²) in [5.74, 6) is -0.185. The Morgan fingerprint density at radius 3 is 2.60 bits per heavy atom. The summed E-state index contributed by atoms with van der Waals surface area (Å²) in [4.78, 5) is 11.7. The van der Waals surface area contributed by atoms with Crippen LogP contribution in [0.15, 0.2) is 24.3 Å². The number of ether oxygens (including phenoxy) is 1. The fraction of sp³-hybridized carbons (Fsp3) is 0.462. The van der Waals surface area contributed by atoms with E-state index in [0.29, 0.717) is 18.4 Å². The molecule has 0 aliphatic heterocycles. The highest BCUT2D eigenvalue weighted by Crippen LogP contribution is 2.32. The summed E-state index contributed by atoms with van der Waals surface area (Å²) >= 11 is 0. The topological polar surface area (TPSA) is 64.4 Å². The molecule has 0 atom stereocenters. The minimum Gasteiger partial charge on any atom is -0.484 e. The van der Waals surface area contributed by atoms with E-state index in [1.54, 1.807) is 18.2 Å². The van der Waals surface area contributed by atoms with Crippen LogP contribution < -0.4 is 15.8 Å². The van der Waals surface area contributed by atoms with Crippen molar-refractivity contribution < 1.29 is 22.7 Å². The average Bonchev–Trinajstić information content (AvgIpc) is 3.13. The number of nitrogens with two attached hydrogens (primary N) is 1. The van der Waals surface area contributed by atoms with E-state index in [1.165, 1.54) is 6.07 Å². The standard InChI is InChI=1S/C13H15F3N2O2/c14-13(15,16)8-20-10-4-2-1-3-9(10)7-18-11(19)12(17)5-6-12/h1-4H,5-8,17H2,(H,18,19). The monoisotopic (exact) mass is 288 g/mol. The Hall–Kier alpha value is -1.76. The van der Waals surface area contributed by atoms with Crippen molar-refractivity contribution in [2.75, 3.05) is 6.61 Å². The van der Waals surface area contributed by atoms with Gasteiger partial charge in [-0.25, -0.2) is 0 Å². The number of hydrogen-bond donors (Lipinski definition) is 2. The molecular weight excluding hydrogens is 273 g/mol. The number of hydrogen-bond acceptors (Lipinski definition) is 3. The van der Waals surface area contributed by atoms with Crippen LogP contribution in [0.2, 0.25) is 0 Å². The molecule has 0 radical (unpaired) electrons. The highest BCUT2D eigenvalue weighted by atomic mass is 19.4. The van der Waals surface area contributed by atoms with Crippen molar-refractivity contribution in [1.29, 1.82) is 0 Å². The zero-order chi connectivity index (χ0) is 14.8. The van der Waals surface area contributed by atoms with Crippen molar-refractivity contribution in [3.63, 3.8) is 0 Å². The first-order valence-corrected chi connectivity index (χ1v) is 6.15. The van der Waals surface area contributed by atoms with Gasteiger partial charge in [0.15, 0.2) is 6.61 Å². The quantitative estimate of drug-likeness (QED) is 0.867. The molecule has 1 aliphatic rings. The third-order valence-corrected chi connectivity index (χ3v) is 3.04. The van der Waals surface area contributed by atoms with E-state index in [-0.39, 0.29) is 18.2 Å². The van der Waals surface area contributed by atoms with Crippen LogP contribution in [0.4, 0.5) is 13.2 Å². The SMILES string of the molecule is NC1(C(=O)NCc2ccccc2OCC(F)(F)F)CC1. The van der Waals surface area contributed by atoms with Gasteiger partial charge in [-0.3, -0.25) is 4.79 Å². The van der Waals surface area contributed by atoms with Crippen LogP contribution in [-0.2, 0) is 11.3 Å². The summed E-state index contributed by atoms with van der Waals surface area (Å²) < 4.78 is 41.1. The Labute approximate surface area is 114 Å². The fourth-order valence-corrected chi connectivity index (χ4v) is 1.66. The van der Waals surface area contributed by atoms with E-state index in [1.807, 2.05) is 0 Å². The summed E-state index contributed by atoms with van der Waals surface area (Å²) in [6.45, 7) is -1.27. The molecular formula is C13H15F3N2O2. The van der Waals surface area contributed by atoms with Gasteiger partial charge in [-0.05, 0) is 18.9 Å². The third-order valence-electron chi connectivity index (χ3n) is 3.04. The molecule has 0 saturated heterocycles. The van der Waals surface area contributed by atoms with Gasteiger partial charge in [0.1, 0.15) is 5.75 Å². The zero-order valence-electron chi connectivity index (χ0n) is 10.7. The molecule has 1 aromatic rings. The molecule has 0 aromatic heterocycles. The molecule has 20 heavy (non-hydrogen) atoms. The molecule has 4 nitrogen and oxygen atoms in total. The largest absolute Gasteiger partial charge is 0.484 e. The van der Waals surface area contributed by atoms with Gasteiger partial charge < -0.3 is 15.8 Å². The predicted octanol–water partition coefficient (Wildman–Crippen LogP) is 1.74. The molecule has 7 heteroatoms. The molecule has 1 aromatic carbocycles. The number of carbonyl (C=O) groups excluding carboxylic acids is 1. The Morgan fingerprint density at radius 2 is 2.00 bits per heavy atom. The number of nitrogens with one attached hydrogen (secondary N) is 1. The minimum absolute atomic E-state index is 0.0891. The molecule has 1 amide bonds. The zero-order valence-corrected chi connectivity index (χ0v) is 10.7. The number of halogens is 3. The lowest BCUT2D eigenvalue weighted by molar-refractivity contribution is -0.153. The molecule has 2 rings (SSSR count). The minimum atomic E-state index is -4.40. The van der Waals surface area contributed by atoms with Gasteiger partial charge in [-0.1, -0.05) is 18.2 Å². The number of amides is 1. The molecule has 0 spiro atoms. The Balaban J connectivity index is 1.95. The van der Waals surface area contributed by atoms with Crippen LogP contribution in [-0.4, -0.2) is 24.2 Å². The van der Waals surface area contributed by atoms with Crippen LogP contribution in [0.25, 0.3) is 0 Å². The summed E-state index contributed by atoms with van der Waals surface area (Å²) in [7, 11) is 0. The fourth-order valence-electron chi connectivity index (χ4n) is 1.66. The predicted molar refractivity (Wildman–Crippen MR) is 66.0 cm³/mol. The second-order valence-electron chi connectivity index (χ2n) is 4.85. The first kappa shape index (κ1) is 14.6. The lowest BCUT2D eigenvalue weighted by atomic mass is 10.2. The lowest BCUT2D eigenvalue weighted by Crippen LogP contribution is -2.42. The summed E-state index contributed by atoms with van der Waals surface area (Å²) in [6.07, 6.45) is -3.14. The van der Waals surface area contributed by atoms with Crippen LogP contribution in [0.1, 0.15) is 18.4 Å². The van der Waals surface area contributed by atoms with Gasteiger partial charge >= 0.3 is 6.18 Å². The molecule has 0 heterocycles. The lowest BCUT2D eigenvalue weighted by Gasteiger charge is -2.14. The van der Waals surface area contributed by atoms with Crippen molar-refractivity contribution in [2.45, 2.75) is 31.1 Å². The Morgan fingerprint density at radius 1 is 1.35 bits per heavy atom. The Kier molecular flexibility index (Phi) is 3.89. The van der Waals surface area contributed by atoms with Crippen molar-refractivity contribution in [1.82, 2.24) is 5.32 Å². The molecule has 3 N–H and O–H groups in total. The van der Waals surface area contributed by atoms with Crippen molar-refractivity contribution >= 4 is 5.91 Å². The number of alkyl halides is 3. The van der Waals surface area contributed by atoms with E-state index < -0.39 is 18.3 Å². The van der Waals surface area contributed by atoms with Gasteiger partial charge in [0, 0.05) is 12.1 Å². The van der Waals surface area contributed by atoms with Gasteiger partial charge in [-0.15, -0.1) is 0 Å². The second kappa shape index (κ2) is 5.32. The van der Waals surface area contributed by atoms with Gasteiger partial charge in [0.2, 0.25) is 5.91 Å². The summed E-state index contributed by atoms with van der Waals surface area (Å²) in [5.41, 5.74) is 5.39. The first-order chi connectivity index (χ1) is 9.30. The first-order valence-electron chi connectivity index (χ1n) is 6.15. The summed E-state index contributed by atoms with van der Waals surface area (Å²) in [6, 6.07) is 6.27. The maximum atomic E-state index is 12.1. The van der Waals surface area contributed by atoms with Crippen LogP contribution in [0, 0.1) is 0 Å². The number of rotatable bonds is 5. The average molecular weight is 288 g/mol. The maximum absolute atomic E-state index is 12.1. The van der Waals surface area contributed by atoms with Gasteiger partial charge in [0.05, 0.1) is 5.54 Å². The maximum Gasteiger partial charge on any atom is 0.422 e. The highest BCUT2D eigenvalue weighted by molar-refractivity contribution is 5.88.